The molecule has 0 aromatic heterocycles. The van der Waals surface area contributed by atoms with E-state index in [1.54, 1.807) is 0 Å². The molecule has 0 radical (unpaired) electrons. The first-order valence-corrected chi connectivity index (χ1v) is 5.27. The zero-order chi connectivity index (χ0) is 10.6. The molecule has 1 heterocycles. The van der Waals surface area contributed by atoms with E-state index in [-0.39, 0.29) is 5.97 Å². The highest BCUT2D eigenvalue weighted by atomic mass is 16.5. The van der Waals surface area contributed by atoms with Gasteiger partial charge < -0.3 is 10.5 Å². The van der Waals surface area contributed by atoms with Gasteiger partial charge in [0.2, 0.25) is 0 Å². The Morgan fingerprint density at radius 2 is 2.36 bits per heavy atom. The molecule has 0 aromatic carbocycles. The highest BCUT2D eigenvalue weighted by Gasteiger charge is 2.29. The van der Waals surface area contributed by atoms with E-state index in [0.29, 0.717) is 31.7 Å². The third-order valence-electron chi connectivity index (χ3n) is 2.76. The summed E-state index contributed by atoms with van der Waals surface area (Å²) in [5, 5.41) is 0. The number of likely N-dealkylation sites (tertiary alicyclic amines) is 1. The summed E-state index contributed by atoms with van der Waals surface area (Å²) in [5.74, 6) is 0.413. The van der Waals surface area contributed by atoms with E-state index in [1.807, 2.05) is 6.92 Å². The van der Waals surface area contributed by atoms with Gasteiger partial charge in [-0.2, -0.15) is 0 Å². The van der Waals surface area contributed by atoms with Crippen LogP contribution < -0.4 is 5.73 Å². The van der Waals surface area contributed by atoms with Crippen LogP contribution in [0.3, 0.4) is 0 Å². The summed E-state index contributed by atoms with van der Waals surface area (Å²) in [4.78, 5) is 13.4. The summed E-state index contributed by atoms with van der Waals surface area (Å²) in [5.41, 5.74) is 5.60. The van der Waals surface area contributed by atoms with Gasteiger partial charge in [0.05, 0.1) is 13.2 Å². The van der Waals surface area contributed by atoms with E-state index < -0.39 is 0 Å². The molecule has 2 atom stereocenters. The highest BCUT2D eigenvalue weighted by molar-refractivity contribution is 5.71. The van der Waals surface area contributed by atoms with Gasteiger partial charge in [0.1, 0.15) is 0 Å². The summed E-state index contributed by atoms with van der Waals surface area (Å²) < 4.78 is 4.91. The molecule has 0 saturated carbocycles. The minimum Gasteiger partial charge on any atom is -0.465 e. The number of nitrogens with two attached hydrogens (primary N) is 1. The number of esters is 1. The first-order valence-electron chi connectivity index (χ1n) is 5.27. The largest absolute Gasteiger partial charge is 0.465 e. The molecule has 0 bridgehead atoms. The molecule has 1 aliphatic rings. The molecule has 4 heteroatoms. The van der Waals surface area contributed by atoms with Gasteiger partial charge in [0.15, 0.2) is 0 Å². The molecule has 1 rings (SSSR count). The van der Waals surface area contributed by atoms with Crippen molar-refractivity contribution in [2.45, 2.75) is 26.3 Å². The van der Waals surface area contributed by atoms with Gasteiger partial charge in [-0.05, 0) is 32.7 Å². The van der Waals surface area contributed by atoms with Crippen molar-refractivity contribution in [1.82, 2.24) is 4.90 Å². The Labute approximate surface area is 85.4 Å². The lowest BCUT2D eigenvalue weighted by Gasteiger charge is -2.19. The van der Waals surface area contributed by atoms with E-state index in [4.69, 9.17) is 10.5 Å². The molecule has 82 valence electrons. The molecule has 2 N–H and O–H groups in total. The highest BCUT2D eigenvalue weighted by Crippen LogP contribution is 2.21. The Morgan fingerprint density at radius 3 is 2.86 bits per heavy atom. The fourth-order valence-corrected chi connectivity index (χ4v) is 1.98. The van der Waals surface area contributed by atoms with E-state index in [1.165, 1.54) is 0 Å². The Balaban J connectivity index is 2.34. The fourth-order valence-electron chi connectivity index (χ4n) is 1.98. The number of carbonyl (C=O) groups excluding carboxylic acids is 1. The predicted molar refractivity (Wildman–Crippen MR) is 54.8 cm³/mol. The summed E-state index contributed by atoms with van der Waals surface area (Å²) in [6, 6.07) is 0.452. The summed E-state index contributed by atoms with van der Waals surface area (Å²) >= 11 is 0. The van der Waals surface area contributed by atoms with Crippen molar-refractivity contribution >= 4 is 5.97 Å². The van der Waals surface area contributed by atoms with Gasteiger partial charge in [-0.3, -0.25) is 9.69 Å². The quantitative estimate of drug-likeness (QED) is 0.659. The molecule has 0 aliphatic carbocycles. The molecular formula is C10H20N2O2. The van der Waals surface area contributed by atoms with E-state index in [0.717, 1.165) is 13.0 Å². The van der Waals surface area contributed by atoms with Crippen molar-refractivity contribution in [1.29, 1.82) is 0 Å². The number of ether oxygens (including phenoxy) is 1. The van der Waals surface area contributed by atoms with Crippen molar-refractivity contribution < 1.29 is 9.53 Å². The standard InChI is InChI=1S/C10H20N2O2/c1-3-14-10(13)7-12-6-9(5-11)4-8(12)2/h8-9H,3-7,11H2,1-2H3. The number of hydrogen-bond donors (Lipinski definition) is 1. The van der Waals surface area contributed by atoms with Crippen LogP contribution in [0.25, 0.3) is 0 Å². The number of hydrogen-bond acceptors (Lipinski definition) is 4. The van der Waals surface area contributed by atoms with Crippen LogP contribution in [0.5, 0.6) is 0 Å². The van der Waals surface area contributed by atoms with Crippen LogP contribution in [0.1, 0.15) is 20.3 Å². The second-order valence-corrected chi connectivity index (χ2v) is 3.92. The molecule has 1 aliphatic heterocycles. The van der Waals surface area contributed by atoms with Crippen LogP contribution in [-0.2, 0) is 9.53 Å². The Bertz CT molecular complexity index is 197. The van der Waals surface area contributed by atoms with Crippen LogP contribution in [0.2, 0.25) is 0 Å². The number of carbonyl (C=O) groups is 1. The zero-order valence-corrected chi connectivity index (χ0v) is 9.03. The third-order valence-corrected chi connectivity index (χ3v) is 2.76. The van der Waals surface area contributed by atoms with Crippen LogP contribution >= 0.6 is 0 Å². The van der Waals surface area contributed by atoms with E-state index >= 15 is 0 Å². The minimum atomic E-state index is -0.128. The second kappa shape index (κ2) is 5.32. The molecule has 1 saturated heterocycles. The van der Waals surface area contributed by atoms with Crippen LogP contribution in [-0.4, -0.2) is 43.2 Å². The molecule has 14 heavy (non-hydrogen) atoms. The lowest BCUT2D eigenvalue weighted by Crippen LogP contribution is -2.34. The van der Waals surface area contributed by atoms with Gasteiger partial charge in [0, 0.05) is 12.6 Å². The predicted octanol–water partition coefficient (Wildman–Crippen LogP) is 0.219. The maximum Gasteiger partial charge on any atom is 0.320 e. The van der Waals surface area contributed by atoms with Crippen LogP contribution in [0.4, 0.5) is 0 Å². The monoisotopic (exact) mass is 200 g/mol. The molecule has 2 unspecified atom stereocenters. The summed E-state index contributed by atoms with van der Waals surface area (Å²) in [6.45, 7) is 6.47. The molecule has 1 fully saturated rings. The first kappa shape index (κ1) is 11.5. The SMILES string of the molecule is CCOC(=O)CN1CC(CN)CC1C. The maximum absolute atomic E-state index is 11.2. The van der Waals surface area contributed by atoms with Gasteiger partial charge in [-0.15, -0.1) is 0 Å². The first-order chi connectivity index (χ1) is 6.67. The second-order valence-electron chi connectivity index (χ2n) is 3.92. The Morgan fingerprint density at radius 1 is 1.64 bits per heavy atom. The van der Waals surface area contributed by atoms with Gasteiger partial charge in [-0.25, -0.2) is 0 Å². The lowest BCUT2D eigenvalue weighted by atomic mass is 10.1. The van der Waals surface area contributed by atoms with Crippen molar-refractivity contribution in [3.8, 4) is 0 Å². The van der Waals surface area contributed by atoms with Gasteiger partial charge in [0.25, 0.3) is 0 Å². The Kier molecular flexibility index (Phi) is 4.35. The topological polar surface area (TPSA) is 55.6 Å². The minimum absolute atomic E-state index is 0.128. The Hall–Kier alpha value is -0.610. The molecular weight excluding hydrogens is 180 g/mol. The van der Waals surface area contributed by atoms with Gasteiger partial charge >= 0.3 is 5.97 Å². The molecule has 4 nitrogen and oxygen atoms in total. The van der Waals surface area contributed by atoms with E-state index in [2.05, 4.69) is 11.8 Å². The average molecular weight is 200 g/mol. The third kappa shape index (κ3) is 2.96. The summed E-state index contributed by atoms with van der Waals surface area (Å²) in [6.07, 6.45) is 1.09. The number of rotatable bonds is 4. The molecule has 0 amide bonds. The molecule has 0 spiro atoms. The van der Waals surface area contributed by atoms with Crippen molar-refractivity contribution in [3.63, 3.8) is 0 Å². The summed E-state index contributed by atoms with van der Waals surface area (Å²) in [7, 11) is 0. The van der Waals surface area contributed by atoms with Gasteiger partial charge in [-0.1, -0.05) is 0 Å². The van der Waals surface area contributed by atoms with Crippen molar-refractivity contribution in [2.24, 2.45) is 11.7 Å². The van der Waals surface area contributed by atoms with E-state index in [9.17, 15) is 4.79 Å². The van der Waals surface area contributed by atoms with Crippen LogP contribution in [0.15, 0.2) is 0 Å². The fraction of sp³-hybridized carbons (Fsp3) is 0.900. The molecule has 0 aromatic rings. The lowest BCUT2D eigenvalue weighted by molar-refractivity contribution is -0.144. The van der Waals surface area contributed by atoms with Crippen molar-refractivity contribution in [2.75, 3.05) is 26.2 Å². The average Bonchev–Trinajstić information content (AvgIpc) is 2.48. The van der Waals surface area contributed by atoms with Crippen molar-refractivity contribution in [3.05, 3.63) is 0 Å². The maximum atomic E-state index is 11.2. The number of nitrogens with zero attached hydrogens (tertiary/aromatic N) is 1. The van der Waals surface area contributed by atoms with Crippen LogP contribution in [0, 0.1) is 5.92 Å². The normalized spacial score (nSPS) is 27.9. The zero-order valence-electron chi connectivity index (χ0n) is 9.03. The smallest absolute Gasteiger partial charge is 0.320 e.